The quantitative estimate of drug-likeness (QED) is 0.845. The maximum Gasteiger partial charge on any atom is 0.123 e. The first-order valence-corrected chi connectivity index (χ1v) is 8.93. The Labute approximate surface area is 143 Å². The summed E-state index contributed by atoms with van der Waals surface area (Å²) < 4.78 is 7.58. The fourth-order valence-electron chi connectivity index (χ4n) is 3.73. The molecule has 0 spiro atoms. The summed E-state index contributed by atoms with van der Waals surface area (Å²) in [6, 6.07) is 8.38. The van der Waals surface area contributed by atoms with Gasteiger partial charge in [0.05, 0.1) is 19.3 Å². The summed E-state index contributed by atoms with van der Waals surface area (Å²) in [5.41, 5.74) is 2.56. The van der Waals surface area contributed by atoms with Gasteiger partial charge in [0.25, 0.3) is 0 Å². The van der Waals surface area contributed by atoms with Gasteiger partial charge in [-0.1, -0.05) is 12.1 Å². The predicted octanol–water partition coefficient (Wildman–Crippen LogP) is 2.50. The molecule has 1 aromatic heterocycles. The van der Waals surface area contributed by atoms with Crippen LogP contribution in [0, 0.1) is 0 Å². The van der Waals surface area contributed by atoms with Crippen LogP contribution < -0.4 is 4.74 Å². The van der Waals surface area contributed by atoms with Crippen LogP contribution in [0.15, 0.2) is 30.5 Å². The molecule has 0 bridgehead atoms. The Bertz CT molecular complexity index is 673. The first-order valence-electron chi connectivity index (χ1n) is 8.93. The largest absolute Gasteiger partial charge is 0.497 e. The average Bonchev–Trinajstić information content (AvgIpc) is 3.24. The van der Waals surface area contributed by atoms with Crippen LogP contribution in [0.4, 0.5) is 0 Å². The molecule has 3 heterocycles. The molecule has 0 atom stereocenters. The molecule has 1 saturated heterocycles. The van der Waals surface area contributed by atoms with E-state index in [9.17, 15) is 0 Å². The van der Waals surface area contributed by atoms with Gasteiger partial charge in [-0.15, -0.1) is 0 Å². The fourth-order valence-corrected chi connectivity index (χ4v) is 3.73. The molecule has 1 fully saturated rings. The Kier molecular flexibility index (Phi) is 4.54. The van der Waals surface area contributed by atoms with Crippen LogP contribution in [-0.4, -0.2) is 46.1 Å². The molecular weight excluding hydrogens is 300 g/mol. The molecule has 5 heteroatoms. The van der Waals surface area contributed by atoms with Crippen molar-refractivity contribution in [1.29, 1.82) is 0 Å². The molecule has 4 rings (SSSR count). The van der Waals surface area contributed by atoms with Gasteiger partial charge < -0.3 is 9.30 Å². The monoisotopic (exact) mass is 326 g/mol. The Morgan fingerprint density at radius 2 is 1.75 bits per heavy atom. The summed E-state index contributed by atoms with van der Waals surface area (Å²) in [4.78, 5) is 9.89. The number of rotatable bonds is 5. The molecule has 2 aliphatic rings. The highest BCUT2D eigenvalue weighted by Crippen LogP contribution is 2.19. The fraction of sp³-hybridized carbons (Fsp3) is 0.526. The van der Waals surface area contributed by atoms with Crippen LogP contribution in [0.2, 0.25) is 0 Å². The number of fused-ring (bicyclic) bond motifs is 1. The van der Waals surface area contributed by atoms with E-state index < -0.39 is 0 Å². The average molecular weight is 326 g/mol. The van der Waals surface area contributed by atoms with Crippen molar-refractivity contribution in [1.82, 2.24) is 19.4 Å². The van der Waals surface area contributed by atoms with Gasteiger partial charge in [0.1, 0.15) is 11.6 Å². The molecule has 0 N–H and O–H groups in total. The number of benzene rings is 1. The summed E-state index contributed by atoms with van der Waals surface area (Å²) in [7, 11) is 1.71. The minimum absolute atomic E-state index is 0.916. The summed E-state index contributed by atoms with van der Waals surface area (Å²) in [5.74, 6) is 2.13. The lowest BCUT2D eigenvalue weighted by molar-refractivity contribution is 0.209. The van der Waals surface area contributed by atoms with Gasteiger partial charge in [-0.3, -0.25) is 9.80 Å². The molecule has 5 nitrogen and oxygen atoms in total. The first-order chi connectivity index (χ1) is 11.8. The van der Waals surface area contributed by atoms with E-state index in [2.05, 4.69) is 32.7 Å². The van der Waals surface area contributed by atoms with E-state index in [1.54, 1.807) is 7.11 Å². The van der Waals surface area contributed by atoms with Crippen LogP contribution in [0.5, 0.6) is 5.75 Å². The predicted molar refractivity (Wildman–Crippen MR) is 93.8 cm³/mol. The number of hydrogen-bond acceptors (Lipinski definition) is 4. The van der Waals surface area contributed by atoms with E-state index in [0.29, 0.717) is 0 Å². The van der Waals surface area contributed by atoms with Crippen LogP contribution in [0.25, 0.3) is 0 Å². The van der Waals surface area contributed by atoms with E-state index in [-0.39, 0.29) is 0 Å². The normalized spacial score (nSPS) is 18.7. The van der Waals surface area contributed by atoms with E-state index in [4.69, 9.17) is 9.72 Å². The topological polar surface area (TPSA) is 33.5 Å². The number of aromatic nitrogens is 2. The second-order valence-corrected chi connectivity index (χ2v) is 6.88. The molecule has 1 aromatic carbocycles. The van der Waals surface area contributed by atoms with Crippen molar-refractivity contribution >= 4 is 0 Å². The number of hydrogen-bond donors (Lipinski definition) is 0. The van der Waals surface area contributed by atoms with Crippen molar-refractivity contribution in [2.75, 3.05) is 26.7 Å². The summed E-state index contributed by atoms with van der Waals surface area (Å²) >= 11 is 0. The Balaban J connectivity index is 1.38. The number of imidazole rings is 1. The van der Waals surface area contributed by atoms with Gasteiger partial charge >= 0.3 is 0 Å². The zero-order valence-corrected chi connectivity index (χ0v) is 14.4. The van der Waals surface area contributed by atoms with Gasteiger partial charge in [0, 0.05) is 32.4 Å². The maximum atomic E-state index is 5.23. The second kappa shape index (κ2) is 6.95. The number of likely N-dealkylation sites (tertiary alicyclic amines) is 1. The molecule has 128 valence electrons. The lowest BCUT2D eigenvalue weighted by Crippen LogP contribution is -2.33. The zero-order valence-electron chi connectivity index (χ0n) is 14.4. The number of ether oxygens (including phenoxy) is 1. The zero-order chi connectivity index (χ0) is 16.4. The van der Waals surface area contributed by atoms with Crippen LogP contribution in [0.3, 0.4) is 0 Å². The summed E-state index contributed by atoms with van der Waals surface area (Å²) in [6.45, 7) is 7.50. The molecule has 2 aliphatic heterocycles. The smallest absolute Gasteiger partial charge is 0.123 e. The maximum absolute atomic E-state index is 5.23. The lowest BCUT2D eigenvalue weighted by Gasteiger charge is -2.27. The molecule has 2 aromatic rings. The first kappa shape index (κ1) is 15.7. The SMILES string of the molecule is COc1ccc(CN2CCn3cc(CN4CCCC4)nc3C2)cc1. The molecule has 0 unspecified atom stereocenters. The van der Waals surface area contributed by atoms with E-state index in [1.807, 2.05) is 12.1 Å². The molecule has 0 aliphatic carbocycles. The highest BCUT2D eigenvalue weighted by atomic mass is 16.5. The van der Waals surface area contributed by atoms with E-state index in [1.165, 1.54) is 43.0 Å². The van der Waals surface area contributed by atoms with Crippen molar-refractivity contribution in [3.05, 3.63) is 47.5 Å². The summed E-state index contributed by atoms with van der Waals surface area (Å²) in [6.07, 6.45) is 4.94. The third kappa shape index (κ3) is 3.47. The van der Waals surface area contributed by atoms with Crippen molar-refractivity contribution < 1.29 is 4.74 Å². The van der Waals surface area contributed by atoms with Crippen molar-refractivity contribution in [3.63, 3.8) is 0 Å². The molecule has 0 radical (unpaired) electrons. The molecule has 0 saturated carbocycles. The van der Waals surface area contributed by atoms with Crippen LogP contribution in [0.1, 0.15) is 29.9 Å². The van der Waals surface area contributed by atoms with Crippen molar-refractivity contribution in [3.8, 4) is 5.75 Å². The number of methoxy groups -OCH3 is 1. The van der Waals surface area contributed by atoms with E-state index >= 15 is 0 Å². The third-order valence-corrected chi connectivity index (χ3v) is 5.08. The van der Waals surface area contributed by atoms with Gasteiger partial charge in [-0.2, -0.15) is 0 Å². The van der Waals surface area contributed by atoms with Gasteiger partial charge in [0.15, 0.2) is 0 Å². The van der Waals surface area contributed by atoms with Gasteiger partial charge in [0.2, 0.25) is 0 Å². The Morgan fingerprint density at radius 3 is 2.50 bits per heavy atom. The lowest BCUT2D eigenvalue weighted by atomic mass is 10.2. The van der Waals surface area contributed by atoms with Gasteiger partial charge in [-0.25, -0.2) is 4.98 Å². The standard InChI is InChI=1S/C19H26N4O/c1-24-18-6-4-16(5-7-18)12-22-10-11-23-14-17(20-19(23)15-22)13-21-8-2-3-9-21/h4-7,14H,2-3,8-13,15H2,1H3. The highest BCUT2D eigenvalue weighted by Gasteiger charge is 2.20. The molecule has 24 heavy (non-hydrogen) atoms. The number of nitrogens with zero attached hydrogens (tertiary/aromatic N) is 4. The van der Waals surface area contributed by atoms with Crippen molar-refractivity contribution in [2.45, 2.75) is 39.0 Å². The highest BCUT2D eigenvalue weighted by molar-refractivity contribution is 5.27. The Hall–Kier alpha value is -1.85. The molecular formula is C19H26N4O. The van der Waals surface area contributed by atoms with Gasteiger partial charge in [-0.05, 0) is 43.6 Å². The Morgan fingerprint density at radius 1 is 0.958 bits per heavy atom. The second-order valence-electron chi connectivity index (χ2n) is 6.88. The van der Waals surface area contributed by atoms with Crippen molar-refractivity contribution in [2.24, 2.45) is 0 Å². The molecule has 0 amide bonds. The van der Waals surface area contributed by atoms with E-state index in [0.717, 1.165) is 38.5 Å². The minimum Gasteiger partial charge on any atom is -0.497 e. The minimum atomic E-state index is 0.916. The summed E-state index contributed by atoms with van der Waals surface area (Å²) in [5, 5.41) is 0. The van der Waals surface area contributed by atoms with Crippen LogP contribution in [-0.2, 0) is 26.2 Å². The van der Waals surface area contributed by atoms with Crippen LogP contribution >= 0.6 is 0 Å². The third-order valence-electron chi connectivity index (χ3n) is 5.08.